The molecule has 0 aromatic carbocycles. The van der Waals surface area contributed by atoms with Gasteiger partial charge in [-0.1, -0.05) is 8.58 Å². The van der Waals surface area contributed by atoms with Crippen LogP contribution in [-0.2, 0) is 4.79 Å². The van der Waals surface area contributed by atoms with E-state index in [0.717, 1.165) is 60.1 Å². The van der Waals surface area contributed by atoms with Gasteiger partial charge in [0.1, 0.15) is 6.29 Å². The summed E-state index contributed by atoms with van der Waals surface area (Å²) in [6.45, 7) is 6.05. The summed E-state index contributed by atoms with van der Waals surface area (Å²) in [6.07, 6.45) is 10.9. The number of nitrogens with zero attached hydrogens (tertiary/aromatic N) is 5. The lowest BCUT2D eigenvalue weighted by atomic mass is 9.95. The van der Waals surface area contributed by atoms with E-state index < -0.39 is 0 Å². The lowest BCUT2D eigenvalue weighted by Crippen LogP contribution is -2.32. The van der Waals surface area contributed by atoms with E-state index in [9.17, 15) is 4.79 Å². The van der Waals surface area contributed by atoms with E-state index >= 15 is 0 Å². The van der Waals surface area contributed by atoms with Crippen LogP contribution in [0.4, 0.5) is 0 Å². The molecule has 29 heavy (non-hydrogen) atoms. The number of rotatable bonds is 5. The number of hydrogen-bond acceptors (Lipinski definition) is 6. The summed E-state index contributed by atoms with van der Waals surface area (Å²) in [6, 6.07) is 2.01. The predicted octanol–water partition coefficient (Wildman–Crippen LogP) is 2.75. The standard InChI is InChI=1S/C21H27N6OP/c1-14-12-27-19(15(2)24-14)10-17(25-27)20(6-9-28)29-21-11-23-18(13-26(21)3)16-4-7-22-8-5-16/h6,9-13,16,21-22,29H,4-5,7-8H2,1-3H3/b20-6-. The van der Waals surface area contributed by atoms with Crippen LogP contribution in [0.3, 0.4) is 0 Å². The number of aldehydes is 1. The largest absolute Gasteiger partial charge is 0.367 e. The van der Waals surface area contributed by atoms with Crippen molar-refractivity contribution in [3.8, 4) is 0 Å². The Bertz CT molecular complexity index is 1000. The normalized spacial score (nSPS) is 21.3. The Morgan fingerprint density at radius 3 is 2.83 bits per heavy atom. The number of nitrogens with one attached hydrogen (secondary N) is 1. The maximum absolute atomic E-state index is 11.3. The van der Waals surface area contributed by atoms with Gasteiger partial charge in [-0.2, -0.15) is 5.10 Å². The summed E-state index contributed by atoms with van der Waals surface area (Å²) < 4.78 is 1.85. The molecule has 0 radical (unpaired) electrons. The number of fused-ring (bicyclic) bond motifs is 1. The fourth-order valence-electron chi connectivity index (χ4n) is 3.91. The molecule has 0 bridgehead atoms. The zero-order valence-electron chi connectivity index (χ0n) is 17.1. The van der Waals surface area contributed by atoms with Gasteiger partial charge in [-0.05, 0) is 51.9 Å². The van der Waals surface area contributed by atoms with Crippen molar-refractivity contribution in [2.45, 2.75) is 32.5 Å². The van der Waals surface area contributed by atoms with Crippen LogP contribution < -0.4 is 5.32 Å². The van der Waals surface area contributed by atoms with Crippen LogP contribution in [0.25, 0.3) is 10.8 Å². The first-order valence-corrected chi connectivity index (χ1v) is 11.1. The number of hydrogen-bond donors (Lipinski definition) is 1. The van der Waals surface area contributed by atoms with Gasteiger partial charge in [-0.3, -0.25) is 14.8 Å². The van der Waals surface area contributed by atoms with Crippen LogP contribution in [0, 0.1) is 19.8 Å². The van der Waals surface area contributed by atoms with Gasteiger partial charge in [0.15, 0.2) is 0 Å². The van der Waals surface area contributed by atoms with Crippen molar-refractivity contribution in [1.82, 2.24) is 24.8 Å². The van der Waals surface area contributed by atoms with E-state index in [0.29, 0.717) is 14.5 Å². The van der Waals surface area contributed by atoms with Crippen LogP contribution in [0.15, 0.2) is 35.2 Å². The summed E-state index contributed by atoms with van der Waals surface area (Å²) in [4.78, 5) is 22.8. The maximum Gasteiger partial charge on any atom is 0.143 e. The number of aliphatic imine (C=N–C) groups is 1. The first-order valence-electron chi connectivity index (χ1n) is 9.99. The molecular weight excluding hydrogens is 383 g/mol. The number of carbonyl (C=O) groups excluding carboxylic acids is 1. The Morgan fingerprint density at radius 1 is 1.31 bits per heavy atom. The second kappa shape index (κ2) is 8.56. The molecule has 2 atom stereocenters. The molecule has 2 aromatic heterocycles. The number of allylic oxidation sites excluding steroid dienone is 2. The van der Waals surface area contributed by atoms with Crippen molar-refractivity contribution < 1.29 is 4.79 Å². The minimum atomic E-state index is 0.123. The Labute approximate surface area is 172 Å². The monoisotopic (exact) mass is 410 g/mol. The van der Waals surface area contributed by atoms with E-state index in [-0.39, 0.29) is 5.78 Å². The van der Waals surface area contributed by atoms with Crippen LogP contribution in [0.1, 0.15) is 29.9 Å². The number of piperidine rings is 1. The molecule has 0 aliphatic carbocycles. The van der Waals surface area contributed by atoms with Crippen molar-refractivity contribution in [3.63, 3.8) is 0 Å². The van der Waals surface area contributed by atoms with Crippen LogP contribution in [-0.4, -0.2) is 57.9 Å². The lowest BCUT2D eigenvalue weighted by molar-refractivity contribution is -0.104. The van der Waals surface area contributed by atoms with Crippen molar-refractivity contribution >= 4 is 31.9 Å². The highest BCUT2D eigenvalue weighted by Gasteiger charge is 2.24. The summed E-state index contributed by atoms with van der Waals surface area (Å²) in [5, 5.41) is 9.04. The smallest absolute Gasteiger partial charge is 0.143 e. The molecule has 2 aromatic rings. The molecule has 2 unspecified atom stereocenters. The summed E-state index contributed by atoms with van der Waals surface area (Å²) in [5.41, 5.74) is 4.80. The molecule has 4 heterocycles. The van der Waals surface area contributed by atoms with Gasteiger partial charge in [-0.25, -0.2) is 4.52 Å². The maximum atomic E-state index is 11.3. The first-order chi connectivity index (χ1) is 14.0. The Kier molecular flexibility index (Phi) is 5.88. The molecule has 0 amide bonds. The van der Waals surface area contributed by atoms with Gasteiger partial charge in [0.25, 0.3) is 0 Å². The average Bonchev–Trinajstić information content (AvgIpc) is 3.14. The zero-order chi connectivity index (χ0) is 20.4. The van der Waals surface area contributed by atoms with E-state index in [1.165, 1.54) is 5.70 Å². The molecule has 8 heteroatoms. The van der Waals surface area contributed by atoms with Gasteiger partial charge in [0.05, 0.1) is 40.3 Å². The quantitative estimate of drug-likeness (QED) is 0.466. The van der Waals surface area contributed by atoms with E-state index in [1.807, 2.05) is 36.8 Å². The third-order valence-electron chi connectivity index (χ3n) is 5.47. The van der Waals surface area contributed by atoms with Crippen molar-refractivity contribution in [1.29, 1.82) is 0 Å². The minimum Gasteiger partial charge on any atom is -0.367 e. The van der Waals surface area contributed by atoms with Gasteiger partial charge in [-0.15, -0.1) is 0 Å². The van der Waals surface area contributed by atoms with Gasteiger partial charge in [0, 0.05) is 30.7 Å². The van der Waals surface area contributed by atoms with E-state index in [1.54, 1.807) is 6.08 Å². The molecule has 7 nitrogen and oxygen atoms in total. The second-order valence-electron chi connectivity index (χ2n) is 7.65. The van der Waals surface area contributed by atoms with Crippen molar-refractivity contribution in [3.05, 3.63) is 47.3 Å². The average molecular weight is 410 g/mol. The molecule has 1 fully saturated rings. The topological polar surface area (TPSA) is 74.9 Å². The molecule has 0 saturated carbocycles. The van der Waals surface area contributed by atoms with Gasteiger partial charge < -0.3 is 10.2 Å². The molecule has 2 aliphatic heterocycles. The SMILES string of the molecule is Cc1cn2nc(/C(=C/C=O)PC3C=NC(C4CCNCC4)=CN3C)cc2c(C)n1. The predicted molar refractivity (Wildman–Crippen MR) is 119 cm³/mol. The Balaban J connectivity index is 1.54. The second-order valence-corrected chi connectivity index (χ2v) is 9.07. The number of aromatic nitrogens is 3. The van der Waals surface area contributed by atoms with Crippen LogP contribution >= 0.6 is 8.58 Å². The highest BCUT2D eigenvalue weighted by Crippen LogP contribution is 2.39. The van der Waals surface area contributed by atoms with Crippen LogP contribution in [0.2, 0.25) is 0 Å². The molecule has 1 saturated heterocycles. The molecule has 1 N–H and O–H groups in total. The Hall–Kier alpha value is -2.37. The molecular formula is C21H27N6OP. The molecule has 2 aliphatic rings. The number of aryl methyl sites for hydroxylation is 2. The molecule has 4 rings (SSSR count). The third kappa shape index (κ3) is 4.31. The minimum absolute atomic E-state index is 0.123. The summed E-state index contributed by atoms with van der Waals surface area (Å²) >= 11 is 0. The van der Waals surface area contributed by atoms with Crippen LogP contribution in [0.5, 0.6) is 0 Å². The molecule has 152 valence electrons. The fraction of sp³-hybridized carbons (Fsp3) is 0.429. The summed E-state index contributed by atoms with van der Waals surface area (Å²) in [5.74, 6) is 0.652. The Morgan fingerprint density at radius 2 is 2.10 bits per heavy atom. The zero-order valence-corrected chi connectivity index (χ0v) is 18.1. The van der Waals surface area contributed by atoms with Crippen molar-refractivity contribution in [2.75, 3.05) is 20.1 Å². The van der Waals surface area contributed by atoms with Crippen molar-refractivity contribution in [2.24, 2.45) is 10.9 Å². The van der Waals surface area contributed by atoms with E-state index in [4.69, 9.17) is 10.1 Å². The lowest BCUT2D eigenvalue weighted by Gasteiger charge is -2.31. The van der Waals surface area contributed by atoms with Gasteiger partial charge >= 0.3 is 0 Å². The highest BCUT2D eigenvalue weighted by molar-refractivity contribution is 7.52. The van der Waals surface area contributed by atoms with E-state index in [2.05, 4.69) is 28.4 Å². The highest BCUT2D eigenvalue weighted by atomic mass is 31.1. The van der Waals surface area contributed by atoms with Gasteiger partial charge in [0.2, 0.25) is 0 Å². The third-order valence-corrected chi connectivity index (χ3v) is 7.06. The number of carbonyl (C=O) groups is 1. The molecule has 0 spiro atoms. The summed E-state index contributed by atoms with van der Waals surface area (Å²) in [7, 11) is 2.45. The fourth-order valence-corrected chi connectivity index (χ4v) is 5.09. The first kappa shape index (κ1) is 19.9.